The van der Waals surface area contributed by atoms with Gasteiger partial charge in [-0.05, 0) is 36.0 Å². The lowest BCUT2D eigenvalue weighted by molar-refractivity contribution is 0.0621. The third kappa shape index (κ3) is 2.38. The Hall–Kier alpha value is -1.74. The van der Waals surface area contributed by atoms with Crippen molar-refractivity contribution in [1.29, 1.82) is 0 Å². The van der Waals surface area contributed by atoms with E-state index in [9.17, 15) is 9.50 Å². The van der Waals surface area contributed by atoms with Crippen LogP contribution in [0.1, 0.15) is 30.9 Å². The van der Waals surface area contributed by atoms with Crippen LogP contribution < -0.4 is 0 Å². The van der Waals surface area contributed by atoms with Gasteiger partial charge in [0, 0.05) is 11.8 Å². The Kier molecular flexibility index (Phi) is 3.30. The Labute approximate surface area is 111 Å². The lowest BCUT2D eigenvalue weighted by Crippen LogP contribution is -2.19. The van der Waals surface area contributed by atoms with Crippen molar-refractivity contribution in [3.63, 3.8) is 0 Å². The van der Waals surface area contributed by atoms with Crippen LogP contribution >= 0.6 is 0 Å². The average Bonchev–Trinajstić information content (AvgIpc) is 2.37. The van der Waals surface area contributed by atoms with Crippen molar-refractivity contribution in [2.45, 2.75) is 25.4 Å². The van der Waals surface area contributed by atoms with Gasteiger partial charge < -0.3 is 5.11 Å². The molecule has 0 bridgehead atoms. The van der Waals surface area contributed by atoms with Gasteiger partial charge in [0.15, 0.2) is 0 Å². The molecule has 2 nitrogen and oxygen atoms in total. The highest BCUT2D eigenvalue weighted by molar-refractivity contribution is 5.63. The quantitative estimate of drug-likeness (QED) is 0.909. The van der Waals surface area contributed by atoms with Gasteiger partial charge in [0.2, 0.25) is 0 Å². The minimum atomic E-state index is -0.384. The van der Waals surface area contributed by atoms with Gasteiger partial charge >= 0.3 is 0 Å². The minimum absolute atomic E-state index is 0.324. The van der Waals surface area contributed by atoms with Crippen LogP contribution in [-0.4, -0.2) is 10.1 Å². The Morgan fingerprint density at radius 3 is 2.47 bits per heavy atom. The van der Waals surface area contributed by atoms with Crippen molar-refractivity contribution in [2.24, 2.45) is 5.92 Å². The molecule has 1 fully saturated rings. The normalized spacial score (nSPS) is 16.9. The number of aliphatic hydroxyl groups is 1. The smallest absolute Gasteiger partial charge is 0.149 e. The fourth-order valence-electron chi connectivity index (χ4n) is 2.50. The maximum absolute atomic E-state index is 13.6. The van der Waals surface area contributed by atoms with Crippen molar-refractivity contribution in [3.05, 3.63) is 54.1 Å². The van der Waals surface area contributed by atoms with E-state index in [0.29, 0.717) is 11.5 Å². The summed E-state index contributed by atoms with van der Waals surface area (Å²) >= 11 is 0. The Morgan fingerprint density at radius 1 is 1.16 bits per heavy atom. The van der Waals surface area contributed by atoms with Gasteiger partial charge in [-0.25, -0.2) is 4.39 Å². The van der Waals surface area contributed by atoms with Crippen molar-refractivity contribution in [3.8, 4) is 11.1 Å². The van der Waals surface area contributed by atoms with Gasteiger partial charge in [0.05, 0.1) is 12.3 Å². The topological polar surface area (TPSA) is 33.1 Å². The zero-order valence-electron chi connectivity index (χ0n) is 10.6. The van der Waals surface area contributed by atoms with Crippen LogP contribution in [0.3, 0.4) is 0 Å². The third-order valence-electron chi connectivity index (χ3n) is 3.93. The maximum atomic E-state index is 13.6. The maximum Gasteiger partial charge on any atom is 0.149 e. The van der Waals surface area contributed by atoms with Crippen molar-refractivity contribution in [1.82, 2.24) is 4.98 Å². The first-order valence-electron chi connectivity index (χ1n) is 6.63. The summed E-state index contributed by atoms with van der Waals surface area (Å²) in [5, 5.41) is 10.2. The molecule has 0 radical (unpaired) electrons. The van der Waals surface area contributed by atoms with Crippen molar-refractivity contribution < 1.29 is 9.50 Å². The molecule has 3 heteroatoms. The summed E-state index contributed by atoms with van der Waals surface area (Å²) < 4.78 is 13.6. The predicted octanol–water partition coefficient (Wildman–Crippen LogP) is 3.72. The molecule has 1 saturated carbocycles. The summed E-state index contributed by atoms with van der Waals surface area (Å²) in [7, 11) is 0. The third-order valence-corrected chi connectivity index (χ3v) is 3.93. The van der Waals surface area contributed by atoms with Crippen molar-refractivity contribution in [2.75, 3.05) is 0 Å². The van der Waals surface area contributed by atoms with Crippen molar-refractivity contribution >= 4 is 0 Å². The molecule has 0 amide bonds. The number of hydrogen-bond donors (Lipinski definition) is 1. The van der Waals surface area contributed by atoms with Gasteiger partial charge in [-0.1, -0.05) is 30.7 Å². The molecular weight excluding hydrogens is 241 g/mol. The summed E-state index contributed by atoms with van der Waals surface area (Å²) in [6, 6.07) is 9.15. The van der Waals surface area contributed by atoms with Crippen LogP contribution in [-0.2, 0) is 0 Å². The average molecular weight is 257 g/mol. The number of pyridine rings is 1. The fourth-order valence-corrected chi connectivity index (χ4v) is 2.50. The zero-order valence-corrected chi connectivity index (χ0v) is 10.6. The van der Waals surface area contributed by atoms with E-state index >= 15 is 0 Å². The van der Waals surface area contributed by atoms with E-state index < -0.39 is 0 Å². The van der Waals surface area contributed by atoms with Crippen LogP contribution in [0.4, 0.5) is 4.39 Å². The second kappa shape index (κ2) is 5.10. The number of nitrogens with zero attached hydrogens (tertiary/aromatic N) is 1. The molecular formula is C16H16FNO. The number of aliphatic hydroxyl groups excluding tert-OH is 1. The van der Waals surface area contributed by atoms with Crippen LogP contribution in [0.2, 0.25) is 0 Å². The molecule has 1 aromatic heterocycles. The molecule has 0 saturated heterocycles. The standard InChI is InChI=1S/C16H16FNO/c17-15-10-18-9-8-14(15)11-4-6-13(7-5-11)16(19)12-2-1-3-12/h4-10,12,16,19H,1-3H2. The van der Waals surface area contributed by atoms with Gasteiger partial charge in [0.25, 0.3) is 0 Å². The Morgan fingerprint density at radius 2 is 1.89 bits per heavy atom. The lowest BCUT2D eigenvalue weighted by atomic mass is 9.78. The zero-order chi connectivity index (χ0) is 13.2. The van der Waals surface area contributed by atoms with Crippen LogP contribution in [0.15, 0.2) is 42.7 Å². The monoisotopic (exact) mass is 257 g/mol. The first-order chi connectivity index (χ1) is 9.25. The summed E-state index contributed by atoms with van der Waals surface area (Å²) in [4.78, 5) is 3.74. The Bertz CT molecular complexity index is 563. The molecule has 1 aliphatic rings. The van der Waals surface area contributed by atoms with Gasteiger partial charge in [-0.2, -0.15) is 0 Å². The number of benzene rings is 1. The van der Waals surface area contributed by atoms with Crippen LogP contribution in [0.5, 0.6) is 0 Å². The molecule has 1 atom stereocenters. The highest BCUT2D eigenvalue weighted by Gasteiger charge is 2.26. The Balaban J connectivity index is 1.84. The molecule has 0 spiro atoms. The van der Waals surface area contributed by atoms with E-state index in [-0.39, 0.29) is 11.9 Å². The summed E-state index contributed by atoms with van der Waals surface area (Å²) in [6.07, 6.45) is 5.82. The summed E-state index contributed by atoms with van der Waals surface area (Å²) in [6.45, 7) is 0. The largest absolute Gasteiger partial charge is 0.388 e. The molecule has 1 aliphatic carbocycles. The predicted molar refractivity (Wildman–Crippen MR) is 71.9 cm³/mol. The number of halogens is 1. The number of rotatable bonds is 3. The SMILES string of the molecule is OC(c1ccc(-c2ccncc2F)cc1)C1CCC1. The first-order valence-corrected chi connectivity index (χ1v) is 6.63. The minimum Gasteiger partial charge on any atom is -0.388 e. The molecule has 1 unspecified atom stereocenters. The van der Waals surface area contributed by atoms with E-state index in [1.54, 1.807) is 12.3 Å². The van der Waals surface area contributed by atoms with Gasteiger partial charge in [-0.3, -0.25) is 4.98 Å². The molecule has 3 rings (SSSR count). The highest BCUT2D eigenvalue weighted by atomic mass is 19.1. The number of aromatic nitrogens is 1. The summed E-state index contributed by atoms with van der Waals surface area (Å²) in [5.41, 5.74) is 2.27. The van der Waals surface area contributed by atoms with Crippen LogP contribution in [0, 0.1) is 11.7 Å². The lowest BCUT2D eigenvalue weighted by Gasteiger charge is -2.30. The van der Waals surface area contributed by atoms with Crippen LogP contribution in [0.25, 0.3) is 11.1 Å². The second-order valence-electron chi connectivity index (χ2n) is 5.11. The van der Waals surface area contributed by atoms with Gasteiger partial charge in [-0.15, -0.1) is 0 Å². The highest BCUT2D eigenvalue weighted by Crippen LogP contribution is 2.38. The van der Waals surface area contributed by atoms with Gasteiger partial charge in [0.1, 0.15) is 5.82 Å². The van der Waals surface area contributed by atoms with E-state index in [2.05, 4.69) is 4.98 Å². The van der Waals surface area contributed by atoms with E-state index in [0.717, 1.165) is 24.0 Å². The molecule has 98 valence electrons. The molecule has 2 aromatic rings. The second-order valence-corrected chi connectivity index (χ2v) is 5.11. The molecule has 1 N–H and O–H groups in total. The molecule has 0 aliphatic heterocycles. The fraction of sp³-hybridized carbons (Fsp3) is 0.312. The summed E-state index contributed by atoms with van der Waals surface area (Å²) in [5.74, 6) is 0.0679. The van der Waals surface area contributed by atoms with E-state index in [4.69, 9.17) is 0 Å². The molecule has 1 heterocycles. The molecule has 19 heavy (non-hydrogen) atoms. The number of hydrogen-bond acceptors (Lipinski definition) is 2. The van der Waals surface area contributed by atoms with E-state index in [1.807, 2.05) is 24.3 Å². The first kappa shape index (κ1) is 12.3. The van der Waals surface area contributed by atoms with E-state index in [1.165, 1.54) is 12.6 Å². The molecule has 1 aromatic carbocycles.